The fourth-order valence-electron chi connectivity index (χ4n) is 3.26. The minimum atomic E-state index is -6.63. The quantitative estimate of drug-likeness (QED) is 0.113. The summed E-state index contributed by atoms with van der Waals surface area (Å²) in [6.45, 7) is 2.97. The van der Waals surface area contributed by atoms with Gasteiger partial charge in [-0.2, -0.15) is 30.7 Å². The van der Waals surface area contributed by atoms with Gasteiger partial charge in [-0.3, -0.25) is 4.79 Å². The number of alkyl halides is 7. The number of unbranched alkanes of at least 4 members (excludes halogenated alkanes) is 13. The van der Waals surface area contributed by atoms with Crippen molar-refractivity contribution in [3.05, 3.63) is 0 Å². The monoisotopic (exact) mass is 509 g/mol. The van der Waals surface area contributed by atoms with Crippen LogP contribution in [-0.4, -0.2) is 42.5 Å². The molecule has 0 aliphatic carbocycles. The second-order valence-corrected chi connectivity index (χ2v) is 8.61. The highest BCUT2D eigenvalue weighted by atomic mass is 19.4. The summed E-state index contributed by atoms with van der Waals surface area (Å²) >= 11 is 0. The van der Waals surface area contributed by atoms with E-state index < -0.39 is 35.9 Å². The average molecular weight is 510 g/mol. The summed E-state index contributed by atoms with van der Waals surface area (Å²) in [7, 11) is 0. The predicted molar refractivity (Wildman–Crippen MR) is 115 cm³/mol. The lowest BCUT2D eigenvalue weighted by molar-refractivity contribution is -0.344. The average Bonchev–Trinajstić information content (AvgIpc) is 2.75. The largest absolute Gasteiger partial charge is 0.464 e. The van der Waals surface area contributed by atoms with E-state index in [0.717, 1.165) is 37.9 Å². The maximum absolute atomic E-state index is 13.3. The molecule has 0 aromatic rings. The van der Waals surface area contributed by atoms with Gasteiger partial charge in [0.1, 0.15) is 6.04 Å². The minimum absolute atomic E-state index is 0.0772. The van der Waals surface area contributed by atoms with Gasteiger partial charge in [-0.1, -0.05) is 90.4 Å². The number of esters is 1. The molecule has 0 aliphatic heterocycles. The van der Waals surface area contributed by atoms with Crippen LogP contribution in [0.4, 0.5) is 30.7 Å². The molecule has 1 N–H and O–H groups in total. The predicted octanol–water partition coefficient (Wildman–Crippen LogP) is 7.35. The Bertz CT molecular complexity index is 583. The molecule has 0 rings (SSSR count). The topological polar surface area (TPSA) is 55.4 Å². The van der Waals surface area contributed by atoms with Gasteiger partial charge in [0.25, 0.3) is 5.91 Å². The number of nitrogens with one attached hydrogen (secondary N) is 1. The minimum Gasteiger partial charge on any atom is -0.464 e. The van der Waals surface area contributed by atoms with Crippen molar-refractivity contribution in [3.63, 3.8) is 0 Å². The number of hydrogen-bond acceptors (Lipinski definition) is 3. The Labute approximate surface area is 197 Å². The van der Waals surface area contributed by atoms with E-state index >= 15 is 0 Å². The molecule has 0 saturated carbocycles. The fourth-order valence-corrected chi connectivity index (χ4v) is 3.26. The zero-order valence-electron chi connectivity index (χ0n) is 20.1. The molecule has 0 spiro atoms. The lowest BCUT2D eigenvalue weighted by Gasteiger charge is -2.27. The molecule has 0 aromatic heterocycles. The normalized spacial score (nSPS) is 13.6. The summed E-state index contributed by atoms with van der Waals surface area (Å²) in [6, 6.07) is -1.81. The molecule has 1 atom stereocenters. The van der Waals surface area contributed by atoms with Gasteiger partial charge in [0, 0.05) is 0 Å². The zero-order chi connectivity index (χ0) is 26.3. The molecule has 202 valence electrons. The summed E-state index contributed by atoms with van der Waals surface area (Å²) in [4.78, 5) is 22.9. The fraction of sp³-hybridized carbons (Fsp3) is 0.913. The van der Waals surface area contributed by atoms with Crippen LogP contribution in [0.5, 0.6) is 0 Å². The molecule has 0 bridgehead atoms. The molecule has 0 aliphatic rings. The smallest absolute Gasteiger partial charge is 0.460 e. The Morgan fingerprint density at radius 1 is 0.706 bits per heavy atom. The Kier molecular flexibility index (Phi) is 15.4. The summed E-state index contributed by atoms with van der Waals surface area (Å²) in [5.74, 6) is -16.8. The van der Waals surface area contributed by atoms with E-state index in [1.165, 1.54) is 57.8 Å². The van der Waals surface area contributed by atoms with Crippen LogP contribution in [-0.2, 0) is 14.3 Å². The third kappa shape index (κ3) is 11.7. The maximum Gasteiger partial charge on any atom is 0.460 e. The van der Waals surface area contributed by atoms with E-state index in [4.69, 9.17) is 4.74 Å². The van der Waals surface area contributed by atoms with Gasteiger partial charge in [0.2, 0.25) is 0 Å². The third-order valence-electron chi connectivity index (χ3n) is 5.48. The first-order chi connectivity index (χ1) is 15.8. The van der Waals surface area contributed by atoms with E-state index in [2.05, 4.69) is 6.92 Å². The summed E-state index contributed by atoms with van der Waals surface area (Å²) in [5.41, 5.74) is 0. The second kappa shape index (κ2) is 16.2. The molecule has 34 heavy (non-hydrogen) atoms. The number of halogens is 7. The molecular formula is C23H38F7NO3. The second-order valence-electron chi connectivity index (χ2n) is 8.61. The molecule has 0 aromatic carbocycles. The van der Waals surface area contributed by atoms with E-state index in [1.54, 1.807) is 0 Å². The van der Waals surface area contributed by atoms with Crippen LogP contribution >= 0.6 is 0 Å². The first-order valence-electron chi connectivity index (χ1n) is 12.1. The first kappa shape index (κ1) is 32.5. The molecule has 0 saturated heterocycles. The van der Waals surface area contributed by atoms with Crippen LogP contribution in [0.3, 0.4) is 0 Å². The number of ether oxygens (including phenoxy) is 1. The van der Waals surface area contributed by atoms with Gasteiger partial charge < -0.3 is 10.1 Å². The SMILES string of the molecule is CCCCCCCCCCCCCCCCOC(=O)C(C)NC(=O)C(F)(F)C(F)(F)C(F)(F)F. The Morgan fingerprint density at radius 2 is 1.09 bits per heavy atom. The highest BCUT2D eigenvalue weighted by molar-refractivity contribution is 5.89. The number of amides is 1. The number of carbonyl (C=O) groups is 2. The Morgan fingerprint density at radius 3 is 1.47 bits per heavy atom. The van der Waals surface area contributed by atoms with Crippen molar-refractivity contribution >= 4 is 11.9 Å². The van der Waals surface area contributed by atoms with E-state index in [9.17, 15) is 40.3 Å². The Hall–Kier alpha value is -1.55. The van der Waals surface area contributed by atoms with Crippen molar-refractivity contribution in [2.24, 2.45) is 0 Å². The Balaban J connectivity index is 3.90. The van der Waals surface area contributed by atoms with Crippen molar-refractivity contribution in [3.8, 4) is 0 Å². The number of carbonyl (C=O) groups excluding carboxylic acids is 2. The summed E-state index contributed by atoms with van der Waals surface area (Å²) in [5, 5.41) is 1.16. The molecule has 11 heteroatoms. The number of rotatable bonds is 19. The van der Waals surface area contributed by atoms with E-state index in [0.29, 0.717) is 6.42 Å². The lowest BCUT2D eigenvalue weighted by Crippen LogP contribution is -2.61. The van der Waals surface area contributed by atoms with Gasteiger partial charge in [-0.05, 0) is 13.3 Å². The lowest BCUT2D eigenvalue weighted by atomic mass is 10.0. The molecule has 4 nitrogen and oxygen atoms in total. The van der Waals surface area contributed by atoms with Crippen LogP contribution in [0.25, 0.3) is 0 Å². The molecular weight excluding hydrogens is 471 g/mol. The van der Waals surface area contributed by atoms with Crippen LogP contribution in [0.1, 0.15) is 104 Å². The van der Waals surface area contributed by atoms with Gasteiger partial charge in [-0.15, -0.1) is 0 Å². The van der Waals surface area contributed by atoms with E-state index in [-0.39, 0.29) is 6.61 Å². The van der Waals surface area contributed by atoms with Gasteiger partial charge in [-0.25, -0.2) is 4.79 Å². The molecule has 0 radical (unpaired) electrons. The molecule has 1 amide bonds. The molecule has 1 unspecified atom stereocenters. The van der Waals surface area contributed by atoms with Gasteiger partial charge in [0.15, 0.2) is 0 Å². The molecule has 0 fully saturated rings. The zero-order valence-corrected chi connectivity index (χ0v) is 20.1. The molecule has 0 heterocycles. The van der Waals surface area contributed by atoms with Gasteiger partial charge >= 0.3 is 24.0 Å². The standard InChI is InChI=1S/C23H38F7NO3/c1-3-4-5-6-7-8-9-10-11-12-13-14-15-16-17-34-19(32)18(2)31-20(33)21(24,25)22(26,27)23(28,29)30/h18H,3-17H2,1-2H3,(H,31,33). The van der Waals surface area contributed by atoms with Crippen LogP contribution in [0, 0.1) is 0 Å². The van der Waals surface area contributed by atoms with Crippen LogP contribution in [0.15, 0.2) is 0 Å². The third-order valence-corrected chi connectivity index (χ3v) is 5.48. The van der Waals surface area contributed by atoms with Crippen molar-refractivity contribution < 1.29 is 45.1 Å². The van der Waals surface area contributed by atoms with Crippen molar-refractivity contribution in [2.75, 3.05) is 6.61 Å². The summed E-state index contributed by atoms with van der Waals surface area (Å²) in [6.07, 6.45) is 9.02. The number of hydrogen-bond donors (Lipinski definition) is 1. The van der Waals surface area contributed by atoms with Gasteiger partial charge in [0.05, 0.1) is 6.61 Å². The van der Waals surface area contributed by atoms with Crippen molar-refractivity contribution in [1.82, 2.24) is 5.32 Å². The van der Waals surface area contributed by atoms with Crippen molar-refractivity contribution in [1.29, 1.82) is 0 Å². The summed E-state index contributed by atoms with van der Waals surface area (Å²) < 4.78 is 93.4. The highest BCUT2D eigenvalue weighted by Gasteiger charge is 2.76. The van der Waals surface area contributed by atoms with E-state index in [1.807, 2.05) is 0 Å². The first-order valence-corrected chi connectivity index (χ1v) is 12.1. The van der Waals surface area contributed by atoms with Crippen LogP contribution < -0.4 is 5.32 Å². The van der Waals surface area contributed by atoms with Crippen molar-refractivity contribution in [2.45, 2.75) is 128 Å². The van der Waals surface area contributed by atoms with Crippen LogP contribution in [0.2, 0.25) is 0 Å². The highest BCUT2D eigenvalue weighted by Crippen LogP contribution is 2.46. The maximum atomic E-state index is 13.3.